The van der Waals surface area contributed by atoms with Crippen LogP contribution in [0, 0.1) is 0 Å². The molecule has 4 heteroatoms. The maximum atomic E-state index is 5.56. The van der Waals surface area contributed by atoms with Gasteiger partial charge in [-0.15, -0.1) is 11.3 Å². The number of thiazole rings is 1. The minimum Gasteiger partial charge on any atom is -0.388 e. The van der Waals surface area contributed by atoms with Crippen molar-refractivity contribution in [2.75, 3.05) is 12.4 Å². The summed E-state index contributed by atoms with van der Waals surface area (Å²) in [4.78, 5) is 5.49. The number of nitrogens with one attached hydrogen (secondary N) is 1. The second kappa shape index (κ2) is 5.09. The van der Waals surface area contributed by atoms with Crippen molar-refractivity contribution in [3.8, 4) is 0 Å². The van der Waals surface area contributed by atoms with Crippen LogP contribution >= 0.6 is 11.3 Å². The second-order valence-corrected chi connectivity index (χ2v) is 4.75. The summed E-state index contributed by atoms with van der Waals surface area (Å²) in [6.45, 7) is 0.578. The zero-order valence-electron chi connectivity index (χ0n) is 9.23. The molecule has 1 heterocycles. The average molecular weight is 233 g/mol. The van der Waals surface area contributed by atoms with Crippen molar-refractivity contribution >= 4 is 17.0 Å². The highest BCUT2D eigenvalue weighted by Crippen LogP contribution is 2.18. The van der Waals surface area contributed by atoms with Crippen LogP contribution < -0.4 is 11.1 Å². The molecule has 0 saturated heterocycles. The van der Waals surface area contributed by atoms with E-state index in [2.05, 4.69) is 34.6 Å². The first-order valence-corrected chi connectivity index (χ1v) is 6.04. The van der Waals surface area contributed by atoms with Crippen molar-refractivity contribution in [3.05, 3.63) is 45.9 Å². The molecule has 84 valence electrons. The first kappa shape index (κ1) is 11.1. The van der Waals surface area contributed by atoms with E-state index in [4.69, 9.17) is 5.73 Å². The molecule has 1 aromatic carbocycles. The molecule has 0 spiro atoms. The van der Waals surface area contributed by atoms with Crippen molar-refractivity contribution in [1.82, 2.24) is 4.98 Å². The highest BCUT2D eigenvalue weighted by atomic mass is 32.1. The number of benzene rings is 1. The fourth-order valence-electron chi connectivity index (χ4n) is 1.54. The molecule has 0 fully saturated rings. The van der Waals surface area contributed by atoms with Crippen LogP contribution in [0.25, 0.3) is 0 Å². The summed E-state index contributed by atoms with van der Waals surface area (Å²) in [7, 11) is 1.93. The number of aromatic nitrogens is 1. The third-order valence-electron chi connectivity index (χ3n) is 2.37. The number of nitrogens with two attached hydrogens (primary N) is 1. The topological polar surface area (TPSA) is 50.9 Å². The van der Waals surface area contributed by atoms with Gasteiger partial charge in [-0.1, -0.05) is 12.1 Å². The first-order chi connectivity index (χ1) is 7.81. The summed E-state index contributed by atoms with van der Waals surface area (Å²) in [5, 5.41) is 4.25. The second-order valence-electron chi connectivity index (χ2n) is 3.55. The minimum absolute atomic E-state index is 0.578. The molecule has 2 aromatic rings. The largest absolute Gasteiger partial charge is 0.388 e. The lowest BCUT2D eigenvalue weighted by molar-refractivity contribution is 1.08. The molecule has 3 nitrogen and oxygen atoms in total. The summed E-state index contributed by atoms with van der Waals surface area (Å²) in [5.74, 6) is 0. The maximum Gasteiger partial charge on any atom is 0.0972 e. The fourth-order valence-corrected chi connectivity index (χ4v) is 2.37. The number of rotatable bonds is 4. The third kappa shape index (κ3) is 2.59. The van der Waals surface area contributed by atoms with Gasteiger partial charge in [0.25, 0.3) is 0 Å². The maximum absolute atomic E-state index is 5.56. The van der Waals surface area contributed by atoms with Gasteiger partial charge >= 0.3 is 0 Å². The zero-order chi connectivity index (χ0) is 11.4. The summed E-state index contributed by atoms with van der Waals surface area (Å²) >= 11 is 1.68. The van der Waals surface area contributed by atoms with E-state index >= 15 is 0 Å². The van der Waals surface area contributed by atoms with E-state index in [9.17, 15) is 0 Å². The van der Waals surface area contributed by atoms with Crippen LogP contribution in [0.4, 0.5) is 5.69 Å². The first-order valence-electron chi connectivity index (χ1n) is 5.22. The van der Waals surface area contributed by atoms with E-state index in [1.165, 1.54) is 5.56 Å². The number of hydrogen-bond donors (Lipinski definition) is 2. The molecular weight excluding hydrogens is 218 g/mol. The highest BCUT2D eigenvalue weighted by Gasteiger charge is 2.02. The van der Waals surface area contributed by atoms with Crippen molar-refractivity contribution in [2.45, 2.75) is 13.0 Å². The Morgan fingerprint density at radius 2 is 2.31 bits per heavy atom. The van der Waals surface area contributed by atoms with Gasteiger partial charge < -0.3 is 11.1 Å². The van der Waals surface area contributed by atoms with Crippen LogP contribution in [0.15, 0.2) is 30.5 Å². The van der Waals surface area contributed by atoms with Gasteiger partial charge in [-0.2, -0.15) is 0 Å². The van der Waals surface area contributed by atoms with Crippen LogP contribution in [0.3, 0.4) is 0 Å². The molecule has 0 aliphatic rings. The smallest absolute Gasteiger partial charge is 0.0972 e. The Balaban J connectivity index is 2.13. The molecule has 0 saturated carbocycles. The zero-order valence-corrected chi connectivity index (χ0v) is 10.1. The molecule has 0 aliphatic heterocycles. The molecule has 0 amide bonds. The molecule has 3 N–H and O–H groups in total. The molecule has 0 bridgehead atoms. The Kier molecular flexibility index (Phi) is 3.54. The van der Waals surface area contributed by atoms with Gasteiger partial charge in [0.05, 0.1) is 5.01 Å². The normalized spacial score (nSPS) is 10.4. The molecule has 0 radical (unpaired) electrons. The molecule has 2 rings (SSSR count). The molecular formula is C12H15N3S. The van der Waals surface area contributed by atoms with E-state index in [-0.39, 0.29) is 0 Å². The van der Waals surface area contributed by atoms with Gasteiger partial charge in [0.15, 0.2) is 0 Å². The predicted molar refractivity (Wildman–Crippen MR) is 68.8 cm³/mol. The van der Waals surface area contributed by atoms with Crippen LogP contribution in [0.1, 0.15) is 15.4 Å². The minimum atomic E-state index is 0.578. The van der Waals surface area contributed by atoms with Gasteiger partial charge in [0.2, 0.25) is 0 Å². The van der Waals surface area contributed by atoms with E-state index in [1.54, 1.807) is 11.3 Å². The number of hydrogen-bond acceptors (Lipinski definition) is 4. The van der Waals surface area contributed by atoms with E-state index in [0.717, 1.165) is 22.0 Å². The van der Waals surface area contributed by atoms with Gasteiger partial charge in [-0.25, -0.2) is 4.98 Å². The van der Waals surface area contributed by atoms with Gasteiger partial charge in [-0.05, 0) is 17.7 Å². The monoisotopic (exact) mass is 233 g/mol. The molecule has 0 unspecified atom stereocenters. The number of anilines is 1. The lowest BCUT2D eigenvalue weighted by Gasteiger charge is -2.02. The van der Waals surface area contributed by atoms with Gasteiger partial charge in [0, 0.05) is 36.8 Å². The summed E-state index contributed by atoms with van der Waals surface area (Å²) < 4.78 is 0. The molecule has 0 aliphatic carbocycles. The van der Waals surface area contributed by atoms with Crippen LogP contribution in [0.2, 0.25) is 0 Å². The van der Waals surface area contributed by atoms with Gasteiger partial charge in [0.1, 0.15) is 0 Å². The third-order valence-corrected chi connectivity index (χ3v) is 3.39. The van der Waals surface area contributed by atoms with E-state index < -0.39 is 0 Å². The lowest BCUT2D eigenvalue weighted by Crippen LogP contribution is -1.91. The van der Waals surface area contributed by atoms with Gasteiger partial charge in [-0.3, -0.25) is 0 Å². The average Bonchev–Trinajstić information content (AvgIpc) is 2.77. The standard InChI is InChI=1S/C12H15N3S/c1-14-10-4-2-3-9(5-10)6-12-15-8-11(7-13)16-12/h2-5,8,14H,6-7,13H2,1H3. The summed E-state index contributed by atoms with van der Waals surface area (Å²) in [5.41, 5.74) is 7.96. The van der Waals surface area contributed by atoms with Crippen molar-refractivity contribution in [2.24, 2.45) is 5.73 Å². The van der Waals surface area contributed by atoms with E-state index in [0.29, 0.717) is 6.54 Å². The van der Waals surface area contributed by atoms with Crippen LogP contribution in [-0.2, 0) is 13.0 Å². The number of nitrogens with zero attached hydrogens (tertiary/aromatic N) is 1. The Hall–Kier alpha value is -1.39. The van der Waals surface area contributed by atoms with Crippen molar-refractivity contribution in [1.29, 1.82) is 0 Å². The highest BCUT2D eigenvalue weighted by molar-refractivity contribution is 7.11. The summed E-state index contributed by atoms with van der Waals surface area (Å²) in [6, 6.07) is 8.36. The van der Waals surface area contributed by atoms with E-state index in [1.807, 2.05) is 13.2 Å². The summed E-state index contributed by atoms with van der Waals surface area (Å²) in [6.07, 6.45) is 2.74. The van der Waals surface area contributed by atoms with Crippen LogP contribution in [0.5, 0.6) is 0 Å². The molecule has 16 heavy (non-hydrogen) atoms. The predicted octanol–water partition coefficient (Wildman–Crippen LogP) is 2.23. The van der Waals surface area contributed by atoms with Crippen molar-refractivity contribution < 1.29 is 0 Å². The Labute approximate surface area is 99.3 Å². The Morgan fingerprint density at radius 1 is 1.44 bits per heavy atom. The Morgan fingerprint density at radius 3 is 3.00 bits per heavy atom. The molecule has 1 aromatic heterocycles. The van der Waals surface area contributed by atoms with Crippen LogP contribution in [-0.4, -0.2) is 12.0 Å². The fraction of sp³-hybridized carbons (Fsp3) is 0.250. The SMILES string of the molecule is CNc1cccc(Cc2ncc(CN)s2)c1. The van der Waals surface area contributed by atoms with Crippen molar-refractivity contribution in [3.63, 3.8) is 0 Å². The quantitative estimate of drug-likeness (QED) is 0.851. The Bertz CT molecular complexity index is 465. The lowest BCUT2D eigenvalue weighted by atomic mass is 10.1. The molecule has 0 atom stereocenters.